The molecule has 292 valence electrons. The van der Waals surface area contributed by atoms with Gasteiger partial charge in [-0.3, -0.25) is 0 Å². The number of thiol groups is 1. The molecule has 0 amide bonds. The van der Waals surface area contributed by atoms with E-state index >= 15 is 0 Å². The summed E-state index contributed by atoms with van der Waals surface area (Å²) in [5, 5.41) is 0. The number of carbonyl (C=O) groups excluding carboxylic acids is 2. The van der Waals surface area contributed by atoms with Gasteiger partial charge in [0, 0.05) is 37.7 Å². The number of esters is 2. The van der Waals surface area contributed by atoms with Gasteiger partial charge in [-0.15, -0.1) is 0 Å². The van der Waals surface area contributed by atoms with E-state index in [1.807, 2.05) is 20.8 Å². The summed E-state index contributed by atoms with van der Waals surface area (Å²) in [6, 6.07) is 7.60. The Kier molecular flexibility index (Phi) is 24.0. The molecular weight excluding hydrogens is 777 g/mol. The molecule has 10 nitrogen and oxygen atoms in total. The van der Waals surface area contributed by atoms with Crippen molar-refractivity contribution in [2.24, 2.45) is 28.7 Å². The number of rotatable bonds is 14. The zero-order valence-corrected chi connectivity index (χ0v) is 34.7. The first-order valence-corrected chi connectivity index (χ1v) is 20.1. The minimum absolute atomic E-state index is 0. The maximum absolute atomic E-state index is 13.8. The van der Waals surface area contributed by atoms with Gasteiger partial charge in [-0.05, 0) is 0 Å². The molecule has 0 bridgehead atoms. The van der Waals surface area contributed by atoms with Crippen LogP contribution in [0.3, 0.4) is 0 Å². The molecule has 1 aromatic carbocycles. The van der Waals surface area contributed by atoms with Crippen LogP contribution in [-0.2, 0) is 42.7 Å². The molecule has 1 aromatic rings. The summed E-state index contributed by atoms with van der Waals surface area (Å²) in [4.78, 5) is 26.6. The molecule has 0 saturated carbocycles. The first-order chi connectivity index (χ1) is 24.5. The number of para-hydroxylation sites is 1. The topological polar surface area (TPSA) is 127 Å². The van der Waals surface area contributed by atoms with Crippen LogP contribution < -0.4 is 0 Å². The Morgan fingerprint density at radius 1 is 0.849 bits per heavy atom. The second-order valence-electron chi connectivity index (χ2n) is 13.0. The van der Waals surface area contributed by atoms with Gasteiger partial charge in [-0.2, -0.15) is 0 Å². The van der Waals surface area contributed by atoms with Crippen LogP contribution in [0.25, 0.3) is 0 Å². The first kappa shape index (κ1) is 50.7. The fourth-order valence-electron chi connectivity index (χ4n) is 6.08. The van der Waals surface area contributed by atoms with E-state index < -0.39 is 47.9 Å². The van der Waals surface area contributed by atoms with Crippen LogP contribution in [0.4, 0.5) is 18.9 Å². The normalized spacial score (nSPS) is 30.1. The van der Waals surface area contributed by atoms with Crippen molar-refractivity contribution < 1.29 is 93.6 Å². The van der Waals surface area contributed by atoms with Crippen molar-refractivity contribution in [3.63, 3.8) is 0 Å². The monoisotopic (exact) mass is 825 g/mol. The van der Waals surface area contributed by atoms with E-state index in [0.29, 0.717) is 27.8 Å². The number of alkyl halides is 3. The number of aliphatic imine (C=N–C) groups is 1. The number of hydrogen-bond donors (Lipinski definition) is 1. The number of hydrogen-bond acceptors (Lipinski definition) is 11. The van der Waals surface area contributed by atoms with E-state index in [0.717, 1.165) is 13.5 Å². The van der Waals surface area contributed by atoms with Gasteiger partial charge in [-0.25, -0.2) is 0 Å². The molecule has 0 aromatic heterocycles. The van der Waals surface area contributed by atoms with Crippen molar-refractivity contribution in [3.8, 4) is 0 Å². The van der Waals surface area contributed by atoms with E-state index in [-0.39, 0.29) is 93.2 Å². The summed E-state index contributed by atoms with van der Waals surface area (Å²) in [5.74, 6) is -2.44. The van der Waals surface area contributed by atoms with E-state index in [2.05, 4.69) is 31.5 Å². The molecule has 0 aliphatic carbocycles. The average molecular weight is 825 g/mol. The molecule has 2 aliphatic heterocycles. The predicted octanol–water partition coefficient (Wildman–Crippen LogP) is 6.15. The van der Waals surface area contributed by atoms with Crippen molar-refractivity contribution in [1.29, 1.82) is 0 Å². The van der Waals surface area contributed by atoms with Crippen molar-refractivity contribution in [2.75, 3.05) is 0 Å². The molecule has 21 heteroatoms. The number of halogens is 3. The summed E-state index contributed by atoms with van der Waals surface area (Å²) >= 11 is 4.44. The number of benzene rings is 1. The third-order valence-electron chi connectivity index (χ3n) is 9.20. The van der Waals surface area contributed by atoms with Crippen LogP contribution in [0, 0.1) is 61.4 Å². The van der Waals surface area contributed by atoms with Gasteiger partial charge in [-0.1, -0.05) is 6.07 Å². The van der Waals surface area contributed by atoms with Crippen molar-refractivity contribution in [2.45, 2.75) is 122 Å². The molecule has 2 radical (unpaired) electrons. The van der Waals surface area contributed by atoms with Crippen LogP contribution in [0.15, 0.2) is 35.3 Å². The average Bonchev–Trinajstić information content (AvgIpc) is 3.09. The number of carbonyl (C=O) groups is 2. The van der Waals surface area contributed by atoms with Crippen LogP contribution >= 0.6 is 29.5 Å². The van der Waals surface area contributed by atoms with Crippen molar-refractivity contribution in [1.82, 2.24) is 0 Å². The Labute approximate surface area is 352 Å². The van der Waals surface area contributed by atoms with Gasteiger partial charge in [0.05, 0.1) is 0 Å². The molecule has 2 saturated heterocycles. The SMILES string of the molecule is CC[C@H](C)C1OC(S)[C@H](OC(C)=O)C(C)[C@@H]1P[B]B=O.CC[C@H](C)C1O[C@@H](OC(=Nc2ccccc2)C(F)(F)F)[C@H](OC(C)=O)C(C)[C@@H]1P[B]B=O.[Ar]. The molecular formula is C32H48ArB4F3NO9P2S. The molecule has 0 spiro atoms. The number of ether oxygens (including phenoxy) is 5. The summed E-state index contributed by atoms with van der Waals surface area (Å²) < 4.78 is 90.7. The largest absolute Gasteiger partial charge is 0 e. The fraction of sp³-hybridized carbons (Fsp3) is 0.719. The Bertz CT molecular complexity index is 1340. The van der Waals surface area contributed by atoms with Crippen molar-refractivity contribution in [3.05, 3.63) is 30.3 Å². The standard InChI is InChI=1S/C20H26B2F3NO5P.C12H22B2O4PS.Ar/c1-5-11(2)15-17(32-22-21-28)12(3)16(29-13(4)27)18(30-15)31-19(20(23,24)25)26-14-9-7-6-8-10-14;1-5-6(2)9-11(19-14-13-16)7(3)10(12(20)18-9)17-8(4)15;/h6-12,15-18,32H,5H2,1-4H3;6-7,9-12,19-20H,5H2,1-4H3;/t11-,12?,15?,16+,17-,18-;6-,7?,9?,10+,11-,12?;/m00./s1. The summed E-state index contributed by atoms with van der Waals surface area (Å²) in [5.41, 5.74) is -0.390. The van der Waals surface area contributed by atoms with E-state index in [1.165, 1.54) is 32.9 Å². The Morgan fingerprint density at radius 3 is 1.74 bits per heavy atom. The van der Waals surface area contributed by atoms with Gasteiger partial charge in [0.15, 0.2) is 0 Å². The summed E-state index contributed by atoms with van der Waals surface area (Å²) in [7, 11) is 1.93. The van der Waals surface area contributed by atoms with Crippen LogP contribution in [0.5, 0.6) is 0 Å². The third kappa shape index (κ3) is 15.9. The zero-order chi connectivity index (χ0) is 39.2. The van der Waals surface area contributed by atoms with Gasteiger partial charge in [0.25, 0.3) is 0 Å². The van der Waals surface area contributed by atoms with E-state index in [1.54, 1.807) is 32.0 Å². The van der Waals surface area contributed by atoms with Gasteiger partial charge >= 0.3 is 312 Å². The smallest absolute Gasteiger partial charge is 0 e. The molecule has 2 aliphatic rings. The predicted molar refractivity (Wildman–Crippen MR) is 204 cm³/mol. The zero-order valence-electron chi connectivity index (χ0n) is 31.1. The molecule has 53 heavy (non-hydrogen) atoms. The maximum Gasteiger partial charge on any atom is 0 e. The van der Waals surface area contributed by atoms with Gasteiger partial charge in [0.2, 0.25) is 0 Å². The number of nitrogens with zero attached hydrogens (tertiary/aromatic N) is 1. The van der Waals surface area contributed by atoms with Crippen LogP contribution in [0.2, 0.25) is 0 Å². The van der Waals surface area contributed by atoms with Gasteiger partial charge < -0.3 is 0 Å². The molecule has 2 fully saturated rings. The quantitative estimate of drug-likeness (QED) is 0.0588. The van der Waals surface area contributed by atoms with Crippen molar-refractivity contribution >= 4 is 80.9 Å². The summed E-state index contributed by atoms with van der Waals surface area (Å²) in [6.45, 7) is 17.6. The van der Waals surface area contributed by atoms with E-state index in [9.17, 15) is 32.2 Å². The Hall–Kier alpha value is -0.331. The first-order valence-electron chi connectivity index (χ1n) is 17.3. The van der Waals surface area contributed by atoms with Crippen LogP contribution in [0.1, 0.15) is 68.2 Å². The molecule has 3 rings (SSSR count). The minimum Gasteiger partial charge on any atom is 0 e. The summed E-state index contributed by atoms with van der Waals surface area (Å²) in [6.07, 6.45) is -6.62. The van der Waals surface area contributed by atoms with Gasteiger partial charge in [0.1, 0.15) is 0 Å². The molecule has 14 atom stereocenters. The molecule has 7 unspecified atom stereocenters. The third-order valence-corrected chi connectivity index (χ3v) is 12.7. The van der Waals surface area contributed by atoms with Crippen LogP contribution in [-0.4, -0.2) is 99.3 Å². The molecule has 0 N–H and O–H groups in total. The Balaban J connectivity index is 0.000000577. The second kappa shape index (κ2) is 25.1. The second-order valence-corrected chi connectivity index (χ2v) is 16.1. The fourth-order valence-corrected chi connectivity index (χ4v) is 9.34. The maximum atomic E-state index is 13.8. The van der Waals surface area contributed by atoms with E-state index in [4.69, 9.17) is 23.7 Å². The Morgan fingerprint density at radius 2 is 1.30 bits per heavy atom. The minimum atomic E-state index is -4.89. The molecule has 2 heterocycles.